The van der Waals surface area contributed by atoms with Crippen molar-refractivity contribution in [3.8, 4) is 0 Å². The van der Waals surface area contributed by atoms with Crippen LogP contribution < -0.4 is 0 Å². The first-order valence-electron chi connectivity index (χ1n) is 5.23. The summed E-state index contributed by atoms with van der Waals surface area (Å²) < 4.78 is 5.04. The monoisotopic (exact) mass is 200 g/mol. The molecule has 14 heavy (non-hydrogen) atoms. The molecule has 0 rings (SSSR count). The van der Waals surface area contributed by atoms with E-state index < -0.39 is 0 Å². The average Bonchev–Trinajstić information content (AvgIpc) is 2.16. The molecule has 0 spiro atoms. The molecular weight excluding hydrogens is 180 g/mol. The summed E-state index contributed by atoms with van der Waals surface area (Å²) >= 11 is 0. The van der Waals surface area contributed by atoms with Crippen molar-refractivity contribution in [2.45, 2.75) is 40.0 Å². The maximum Gasteiger partial charge on any atom is 0.143 e. The van der Waals surface area contributed by atoms with Gasteiger partial charge in [-0.2, -0.15) is 0 Å². The van der Waals surface area contributed by atoms with Gasteiger partial charge in [0.2, 0.25) is 0 Å². The van der Waals surface area contributed by atoms with Crippen LogP contribution in [0.5, 0.6) is 0 Å². The summed E-state index contributed by atoms with van der Waals surface area (Å²) in [5, 5.41) is 0. The lowest BCUT2D eigenvalue weighted by Crippen LogP contribution is -2.16. The van der Waals surface area contributed by atoms with Crippen molar-refractivity contribution in [3.05, 3.63) is 0 Å². The van der Waals surface area contributed by atoms with Crippen LogP contribution in [0.25, 0.3) is 0 Å². The number of ketones is 2. The predicted octanol–water partition coefficient (Wildman–Crippen LogP) is 1.99. The number of Topliss-reactive ketones (excluding diaryl/α,β-unsaturated/α-hetero) is 2. The van der Waals surface area contributed by atoms with Crippen molar-refractivity contribution in [1.82, 2.24) is 0 Å². The van der Waals surface area contributed by atoms with E-state index in [0.717, 1.165) is 6.42 Å². The molecule has 0 aliphatic carbocycles. The van der Waals surface area contributed by atoms with Crippen LogP contribution in [0.4, 0.5) is 0 Å². The Morgan fingerprint density at radius 2 is 1.93 bits per heavy atom. The van der Waals surface area contributed by atoms with Crippen molar-refractivity contribution >= 4 is 11.6 Å². The number of hydrogen-bond acceptors (Lipinski definition) is 3. The molecule has 0 N–H and O–H groups in total. The van der Waals surface area contributed by atoms with Crippen LogP contribution >= 0.6 is 0 Å². The molecule has 0 heterocycles. The van der Waals surface area contributed by atoms with Crippen molar-refractivity contribution in [3.63, 3.8) is 0 Å². The Hall–Kier alpha value is -0.700. The lowest BCUT2D eigenvalue weighted by atomic mass is 9.99. The standard InChI is InChI=1S/C11H20O3/c1-4-9(3)11(13)8-10(12)6-7-14-5-2/h9H,4-8H2,1-3H3. The fraction of sp³-hybridized carbons (Fsp3) is 0.818. The summed E-state index contributed by atoms with van der Waals surface area (Å²) in [4.78, 5) is 22.6. The molecule has 3 heteroatoms. The normalized spacial score (nSPS) is 12.5. The minimum atomic E-state index is -0.0104. The number of ether oxygens (including phenoxy) is 1. The number of hydrogen-bond donors (Lipinski definition) is 0. The van der Waals surface area contributed by atoms with Crippen LogP contribution in [0.2, 0.25) is 0 Å². The third kappa shape index (κ3) is 5.86. The van der Waals surface area contributed by atoms with Crippen LogP contribution in [0.15, 0.2) is 0 Å². The van der Waals surface area contributed by atoms with E-state index in [4.69, 9.17) is 4.74 Å². The second-order valence-electron chi connectivity index (χ2n) is 3.44. The number of carbonyl (C=O) groups is 2. The van der Waals surface area contributed by atoms with Crippen LogP contribution in [0.3, 0.4) is 0 Å². The van der Waals surface area contributed by atoms with Crippen molar-refractivity contribution in [2.75, 3.05) is 13.2 Å². The quantitative estimate of drug-likeness (QED) is 0.444. The number of rotatable bonds is 8. The van der Waals surface area contributed by atoms with E-state index >= 15 is 0 Å². The number of carbonyl (C=O) groups excluding carboxylic acids is 2. The van der Waals surface area contributed by atoms with Gasteiger partial charge in [0, 0.05) is 18.9 Å². The second kappa shape index (κ2) is 7.68. The topological polar surface area (TPSA) is 43.4 Å². The van der Waals surface area contributed by atoms with E-state index in [0.29, 0.717) is 19.6 Å². The molecular formula is C11H20O3. The molecule has 82 valence electrons. The molecule has 1 atom stereocenters. The average molecular weight is 200 g/mol. The third-order valence-electron chi connectivity index (χ3n) is 2.26. The first-order chi connectivity index (χ1) is 6.61. The Bertz CT molecular complexity index is 187. The third-order valence-corrected chi connectivity index (χ3v) is 2.26. The zero-order valence-electron chi connectivity index (χ0n) is 9.34. The van der Waals surface area contributed by atoms with Crippen LogP contribution in [-0.4, -0.2) is 24.8 Å². The molecule has 0 aliphatic rings. The molecule has 3 nitrogen and oxygen atoms in total. The van der Waals surface area contributed by atoms with E-state index in [1.165, 1.54) is 0 Å². The van der Waals surface area contributed by atoms with Gasteiger partial charge in [-0.1, -0.05) is 13.8 Å². The molecule has 1 unspecified atom stereocenters. The lowest BCUT2D eigenvalue weighted by molar-refractivity contribution is -0.129. The highest BCUT2D eigenvalue weighted by molar-refractivity contribution is 5.99. The molecule has 0 radical (unpaired) electrons. The molecule has 0 aromatic rings. The Labute approximate surface area is 85.8 Å². The molecule has 0 aliphatic heterocycles. The van der Waals surface area contributed by atoms with Crippen LogP contribution in [0.1, 0.15) is 40.0 Å². The smallest absolute Gasteiger partial charge is 0.143 e. The Morgan fingerprint density at radius 3 is 2.43 bits per heavy atom. The molecule has 0 saturated carbocycles. The molecule has 0 aromatic heterocycles. The van der Waals surface area contributed by atoms with Gasteiger partial charge in [0.25, 0.3) is 0 Å². The molecule has 0 amide bonds. The highest BCUT2D eigenvalue weighted by Gasteiger charge is 2.14. The van der Waals surface area contributed by atoms with E-state index in [9.17, 15) is 9.59 Å². The van der Waals surface area contributed by atoms with Gasteiger partial charge in [0.1, 0.15) is 11.6 Å². The van der Waals surface area contributed by atoms with Crippen molar-refractivity contribution < 1.29 is 14.3 Å². The zero-order valence-corrected chi connectivity index (χ0v) is 9.34. The summed E-state index contributed by atoms with van der Waals surface area (Å²) in [6.07, 6.45) is 1.23. The van der Waals surface area contributed by atoms with Crippen LogP contribution in [0, 0.1) is 5.92 Å². The van der Waals surface area contributed by atoms with E-state index in [-0.39, 0.29) is 23.9 Å². The SMILES string of the molecule is CCOCCC(=O)CC(=O)C(C)CC. The maximum atomic E-state index is 11.4. The second-order valence-corrected chi connectivity index (χ2v) is 3.44. The summed E-state index contributed by atoms with van der Waals surface area (Å²) in [6.45, 7) is 6.75. The first kappa shape index (κ1) is 13.3. The minimum absolute atomic E-state index is 0.00560. The minimum Gasteiger partial charge on any atom is -0.381 e. The van der Waals surface area contributed by atoms with Gasteiger partial charge < -0.3 is 4.74 Å². The Morgan fingerprint density at radius 1 is 1.29 bits per heavy atom. The molecule has 0 aromatic carbocycles. The highest BCUT2D eigenvalue weighted by atomic mass is 16.5. The largest absolute Gasteiger partial charge is 0.381 e. The van der Waals surface area contributed by atoms with Gasteiger partial charge in [-0.05, 0) is 13.3 Å². The fourth-order valence-corrected chi connectivity index (χ4v) is 1.01. The fourth-order valence-electron chi connectivity index (χ4n) is 1.01. The van der Waals surface area contributed by atoms with E-state index in [2.05, 4.69) is 0 Å². The van der Waals surface area contributed by atoms with Crippen molar-refractivity contribution in [1.29, 1.82) is 0 Å². The van der Waals surface area contributed by atoms with Gasteiger partial charge >= 0.3 is 0 Å². The molecule has 0 saturated heterocycles. The van der Waals surface area contributed by atoms with Gasteiger partial charge in [-0.3, -0.25) is 9.59 Å². The van der Waals surface area contributed by atoms with Gasteiger partial charge in [-0.15, -0.1) is 0 Å². The lowest BCUT2D eigenvalue weighted by Gasteiger charge is -2.06. The zero-order chi connectivity index (χ0) is 11.0. The van der Waals surface area contributed by atoms with Gasteiger partial charge in [0.05, 0.1) is 13.0 Å². The summed E-state index contributed by atoms with van der Waals surface area (Å²) in [5.74, 6) is 0.0452. The van der Waals surface area contributed by atoms with Gasteiger partial charge in [-0.25, -0.2) is 0 Å². The molecule has 0 fully saturated rings. The first-order valence-corrected chi connectivity index (χ1v) is 5.23. The summed E-state index contributed by atoms with van der Waals surface area (Å²) in [7, 11) is 0. The van der Waals surface area contributed by atoms with E-state index in [1.54, 1.807) is 0 Å². The van der Waals surface area contributed by atoms with E-state index in [1.807, 2.05) is 20.8 Å². The summed E-state index contributed by atoms with van der Waals surface area (Å²) in [6, 6.07) is 0. The van der Waals surface area contributed by atoms with Crippen LogP contribution in [-0.2, 0) is 14.3 Å². The maximum absolute atomic E-state index is 11.4. The molecule has 0 bridgehead atoms. The van der Waals surface area contributed by atoms with Crippen molar-refractivity contribution in [2.24, 2.45) is 5.92 Å². The van der Waals surface area contributed by atoms with Gasteiger partial charge in [0.15, 0.2) is 0 Å². The Balaban J connectivity index is 3.66. The Kier molecular flexibility index (Phi) is 7.30. The highest BCUT2D eigenvalue weighted by Crippen LogP contribution is 2.06. The predicted molar refractivity (Wildman–Crippen MR) is 55.2 cm³/mol. The summed E-state index contributed by atoms with van der Waals surface area (Å²) in [5.41, 5.74) is 0.